The van der Waals surface area contributed by atoms with E-state index in [9.17, 15) is 22.8 Å². The van der Waals surface area contributed by atoms with Crippen LogP contribution in [0.2, 0.25) is 0 Å². The van der Waals surface area contributed by atoms with Crippen LogP contribution in [0.3, 0.4) is 0 Å². The zero-order valence-electron chi connectivity index (χ0n) is 18.0. The van der Waals surface area contributed by atoms with Gasteiger partial charge < -0.3 is 5.32 Å². The lowest BCUT2D eigenvalue weighted by Gasteiger charge is -2.13. The van der Waals surface area contributed by atoms with Crippen LogP contribution in [0, 0.1) is 6.92 Å². The number of nitrogens with zero attached hydrogens (tertiary/aromatic N) is 2. The van der Waals surface area contributed by atoms with Crippen LogP contribution in [0.4, 0.5) is 24.8 Å². The molecule has 0 spiro atoms. The molecule has 0 radical (unpaired) electrons. The first kappa shape index (κ1) is 22.8. The number of aromatic nitrogens is 2. The first-order valence-corrected chi connectivity index (χ1v) is 10.2. The van der Waals surface area contributed by atoms with Crippen LogP contribution in [-0.4, -0.2) is 21.4 Å². The molecule has 0 aliphatic heterocycles. The molecule has 0 bridgehead atoms. The molecule has 0 aliphatic carbocycles. The lowest BCUT2D eigenvalue weighted by atomic mass is 10.1. The minimum Gasteiger partial charge on any atom is -0.322 e. The second-order valence-corrected chi connectivity index (χ2v) is 7.49. The molecule has 6 nitrogen and oxygen atoms in total. The zero-order valence-corrected chi connectivity index (χ0v) is 18.0. The summed E-state index contributed by atoms with van der Waals surface area (Å²) in [5.41, 5.74) is 2.15. The number of halogens is 3. The predicted molar refractivity (Wildman–Crippen MR) is 124 cm³/mol. The van der Waals surface area contributed by atoms with Gasteiger partial charge >= 0.3 is 6.18 Å². The molecule has 34 heavy (non-hydrogen) atoms. The number of aryl methyl sites for hydroxylation is 1. The quantitative estimate of drug-likeness (QED) is 0.371. The van der Waals surface area contributed by atoms with Gasteiger partial charge in [-0.2, -0.15) is 13.2 Å². The fraction of sp³-hybridized carbons (Fsp3) is 0.0800. The molecule has 3 aromatic carbocycles. The molecule has 0 fully saturated rings. The van der Waals surface area contributed by atoms with Gasteiger partial charge in [0.05, 0.1) is 22.3 Å². The number of nitrogens with one attached hydrogen (secondary N) is 2. The van der Waals surface area contributed by atoms with Crippen LogP contribution >= 0.6 is 0 Å². The molecule has 172 valence electrons. The summed E-state index contributed by atoms with van der Waals surface area (Å²) in [5, 5.41) is 5.31. The van der Waals surface area contributed by atoms with E-state index in [0.717, 1.165) is 23.8 Å². The number of hydrogen-bond acceptors (Lipinski definition) is 3. The number of imidazole rings is 1. The molecule has 1 heterocycles. The lowest BCUT2D eigenvalue weighted by Crippen LogP contribution is -2.17. The van der Waals surface area contributed by atoms with Crippen LogP contribution in [0.1, 0.15) is 21.5 Å². The van der Waals surface area contributed by atoms with Crippen molar-refractivity contribution in [2.24, 2.45) is 0 Å². The van der Waals surface area contributed by atoms with Crippen LogP contribution in [0.25, 0.3) is 16.7 Å². The number of alkyl halides is 3. The van der Waals surface area contributed by atoms with Gasteiger partial charge in [0.15, 0.2) is 0 Å². The monoisotopic (exact) mass is 464 g/mol. The molecule has 2 amide bonds. The van der Waals surface area contributed by atoms with Crippen molar-refractivity contribution in [2.75, 3.05) is 10.6 Å². The smallest absolute Gasteiger partial charge is 0.322 e. The Morgan fingerprint density at radius 3 is 2.47 bits per heavy atom. The average Bonchev–Trinajstić information content (AvgIpc) is 3.18. The molecule has 0 atom stereocenters. The SMILES string of the molecule is C=CC(=O)Nc1cccc(-n2c(NC(=O)c3cccc(C(F)(F)F)c3)nc3cccc(C)c32)c1. The Morgan fingerprint density at radius 2 is 1.74 bits per heavy atom. The number of carbonyl (C=O) groups is 2. The van der Waals surface area contributed by atoms with E-state index >= 15 is 0 Å². The van der Waals surface area contributed by atoms with Gasteiger partial charge in [-0.15, -0.1) is 0 Å². The van der Waals surface area contributed by atoms with Crippen molar-refractivity contribution in [3.05, 3.63) is 96.1 Å². The molecule has 0 saturated carbocycles. The molecule has 0 unspecified atom stereocenters. The Bertz CT molecular complexity index is 1420. The van der Waals surface area contributed by atoms with Crippen molar-refractivity contribution in [3.63, 3.8) is 0 Å². The van der Waals surface area contributed by atoms with Crippen molar-refractivity contribution >= 4 is 34.5 Å². The normalized spacial score (nSPS) is 11.3. The Labute approximate surface area is 192 Å². The highest BCUT2D eigenvalue weighted by Crippen LogP contribution is 2.31. The fourth-order valence-electron chi connectivity index (χ4n) is 3.56. The van der Waals surface area contributed by atoms with Crippen molar-refractivity contribution < 1.29 is 22.8 Å². The predicted octanol–water partition coefficient (Wildman–Crippen LogP) is 5.73. The summed E-state index contributed by atoms with van der Waals surface area (Å²) in [6, 6.07) is 16.5. The maximum absolute atomic E-state index is 13.1. The molecule has 1 aromatic heterocycles. The van der Waals surface area contributed by atoms with E-state index in [1.54, 1.807) is 34.9 Å². The number of para-hydroxylation sites is 1. The summed E-state index contributed by atoms with van der Waals surface area (Å²) in [4.78, 5) is 29.1. The minimum atomic E-state index is -4.57. The Balaban J connectivity index is 1.79. The van der Waals surface area contributed by atoms with E-state index in [4.69, 9.17) is 0 Å². The highest BCUT2D eigenvalue weighted by atomic mass is 19.4. The van der Waals surface area contributed by atoms with E-state index in [2.05, 4.69) is 22.2 Å². The van der Waals surface area contributed by atoms with E-state index < -0.39 is 17.6 Å². The third kappa shape index (κ3) is 4.54. The van der Waals surface area contributed by atoms with Crippen molar-refractivity contribution in [1.29, 1.82) is 0 Å². The number of fused-ring (bicyclic) bond motifs is 1. The fourth-order valence-corrected chi connectivity index (χ4v) is 3.56. The summed E-state index contributed by atoms with van der Waals surface area (Å²) < 4.78 is 41.0. The Kier molecular flexibility index (Phi) is 5.93. The summed E-state index contributed by atoms with van der Waals surface area (Å²) in [6.07, 6.45) is -3.43. The van der Waals surface area contributed by atoms with Gasteiger partial charge in [0.2, 0.25) is 11.9 Å². The molecule has 0 aliphatic rings. The van der Waals surface area contributed by atoms with Crippen molar-refractivity contribution in [1.82, 2.24) is 9.55 Å². The van der Waals surface area contributed by atoms with Crippen LogP contribution in [0.5, 0.6) is 0 Å². The Hall–Kier alpha value is -4.40. The zero-order chi connectivity index (χ0) is 24.5. The van der Waals surface area contributed by atoms with Gasteiger partial charge in [-0.05, 0) is 61.0 Å². The molecule has 4 rings (SSSR count). The summed E-state index contributed by atoms with van der Waals surface area (Å²) in [5.74, 6) is -1.00. The number of anilines is 2. The second-order valence-electron chi connectivity index (χ2n) is 7.49. The molecular weight excluding hydrogens is 445 g/mol. The minimum absolute atomic E-state index is 0.124. The van der Waals surface area contributed by atoms with Gasteiger partial charge in [0.1, 0.15) is 0 Å². The van der Waals surface area contributed by atoms with Crippen LogP contribution in [-0.2, 0) is 11.0 Å². The topological polar surface area (TPSA) is 76.0 Å². The number of carbonyl (C=O) groups excluding carboxylic acids is 2. The first-order valence-electron chi connectivity index (χ1n) is 10.2. The van der Waals surface area contributed by atoms with E-state index in [0.29, 0.717) is 22.4 Å². The third-order valence-corrected chi connectivity index (χ3v) is 5.11. The molecule has 4 aromatic rings. The average molecular weight is 464 g/mol. The first-order chi connectivity index (χ1) is 16.2. The highest BCUT2D eigenvalue weighted by molar-refractivity contribution is 6.04. The lowest BCUT2D eigenvalue weighted by molar-refractivity contribution is -0.137. The van der Waals surface area contributed by atoms with E-state index in [-0.39, 0.29) is 17.4 Å². The molecule has 0 saturated heterocycles. The summed E-state index contributed by atoms with van der Waals surface area (Å²) in [7, 11) is 0. The Morgan fingerprint density at radius 1 is 1.00 bits per heavy atom. The number of hydrogen-bond donors (Lipinski definition) is 2. The second kappa shape index (κ2) is 8.86. The maximum atomic E-state index is 13.1. The highest BCUT2D eigenvalue weighted by Gasteiger charge is 2.31. The van der Waals surface area contributed by atoms with E-state index in [1.807, 2.05) is 19.1 Å². The standard InChI is InChI=1S/C25H19F3N4O2/c1-3-21(33)29-18-10-6-11-19(14-18)32-22-15(2)7-4-12-20(22)30-24(32)31-23(34)16-8-5-9-17(13-16)25(26,27)28/h3-14H,1H2,2H3,(H,29,33)(H,30,31,34). The van der Waals surface area contributed by atoms with E-state index in [1.165, 1.54) is 12.1 Å². The van der Waals surface area contributed by atoms with Crippen molar-refractivity contribution in [3.8, 4) is 5.69 Å². The third-order valence-electron chi connectivity index (χ3n) is 5.11. The van der Waals surface area contributed by atoms with Gasteiger partial charge in [0.25, 0.3) is 5.91 Å². The summed E-state index contributed by atoms with van der Waals surface area (Å²) >= 11 is 0. The van der Waals surface area contributed by atoms with Gasteiger partial charge in [0, 0.05) is 11.3 Å². The largest absolute Gasteiger partial charge is 0.416 e. The summed E-state index contributed by atoms with van der Waals surface area (Å²) in [6.45, 7) is 5.31. The van der Waals surface area contributed by atoms with Gasteiger partial charge in [-0.25, -0.2) is 4.98 Å². The number of benzene rings is 3. The molecule has 2 N–H and O–H groups in total. The number of amides is 2. The van der Waals surface area contributed by atoms with Gasteiger partial charge in [-0.3, -0.25) is 19.5 Å². The van der Waals surface area contributed by atoms with Crippen molar-refractivity contribution in [2.45, 2.75) is 13.1 Å². The number of rotatable bonds is 5. The van der Waals surface area contributed by atoms with Gasteiger partial charge in [-0.1, -0.05) is 30.8 Å². The molecule has 9 heteroatoms. The maximum Gasteiger partial charge on any atom is 0.416 e. The van der Waals surface area contributed by atoms with Crippen LogP contribution in [0.15, 0.2) is 79.4 Å². The van der Waals surface area contributed by atoms with Crippen LogP contribution < -0.4 is 10.6 Å². The molecular formula is C25H19F3N4O2.